The highest BCUT2D eigenvalue weighted by Gasteiger charge is 2.07. The summed E-state index contributed by atoms with van der Waals surface area (Å²) >= 11 is 0. The lowest BCUT2D eigenvalue weighted by Crippen LogP contribution is -2.19. The van der Waals surface area contributed by atoms with Crippen LogP contribution >= 0.6 is 0 Å². The molecule has 15 heavy (non-hydrogen) atoms. The maximum absolute atomic E-state index is 12.1. The highest BCUT2D eigenvalue weighted by molar-refractivity contribution is 5.79. The number of benzene rings is 1. The summed E-state index contributed by atoms with van der Waals surface area (Å²) in [7, 11) is 1.84. The van der Waals surface area contributed by atoms with Gasteiger partial charge in [0.15, 0.2) is 5.43 Å². The van der Waals surface area contributed by atoms with E-state index in [4.69, 9.17) is 0 Å². The molecule has 2 rings (SSSR count). The van der Waals surface area contributed by atoms with Crippen LogP contribution in [0.15, 0.2) is 29.1 Å². The van der Waals surface area contributed by atoms with Crippen molar-refractivity contribution >= 4 is 10.9 Å². The smallest absolute Gasteiger partial charge is 0.194 e. The van der Waals surface area contributed by atoms with Gasteiger partial charge in [-0.15, -0.1) is 0 Å². The minimum absolute atomic E-state index is 0.121. The van der Waals surface area contributed by atoms with E-state index in [2.05, 4.69) is 10.3 Å². The van der Waals surface area contributed by atoms with Crippen LogP contribution in [0.1, 0.15) is 11.3 Å². The minimum atomic E-state index is 0.121. The van der Waals surface area contributed by atoms with Crippen molar-refractivity contribution in [3.63, 3.8) is 0 Å². The van der Waals surface area contributed by atoms with Gasteiger partial charge in [-0.1, -0.05) is 12.1 Å². The molecule has 0 amide bonds. The second-order valence-corrected chi connectivity index (χ2v) is 3.63. The van der Waals surface area contributed by atoms with E-state index in [1.807, 2.05) is 38.2 Å². The van der Waals surface area contributed by atoms with Gasteiger partial charge in [-0.05, 0) is 26.1 Å². The Hall–Kier alpha value is -1.61. The van der Waals surface area contributed by atoms with Crippen LogP contribution in [0.25, 0.3) is 10.9 Å². The van der Waals surface area contributed by atoms with Crippen LogP contribution in [0, 0.1) is 6.92 Å². The Kier molecular flexibility index (Phi) is 2.56. The van der Waals surface area contributed by atoms with Gasteiger partial charge in [0.25, 0.3) is 0 Å². The van der Waals surface area contributed by atoms with E-state index >= 15 is 0 Å². The molecule has 1 aromatic heterocycles. The zero-order valence-electron chi connectivity index (χ0n) is 8.92. The van der Waals surface area contributed by atoms with Crippen LogP contribution in [0.5, 0.6) is 0 Å². The van der Waals surface area contributed by atoms with Gasteiger partial charge in [-0.2, -0.15) is 0 Å². The van der Waals surface area contributed by atoms with Crippen LogP contribution in [0.2, 0.25) is 0 Å². The van der Waals surface area contributed by atoms with E-state index in [0.29, 0.717) is 6.54 Å². The Labute approximate surface area is 88.1 Å². The molecule has 78 valence electrons. The molecule has 0 unspecified atom stereocenters. The molecule has 1 heterocycles. The predicted octanol–water partition coefficient (Wildman–Crippen LogP) is 1.56. The van der Waals surface area contributed by atoms with Gasteiger partial charge in [0.1, 0.15) is 0 Å². The van der Waals surface area contributed by atoms with Gasteiger partial charge in [0.2, 0.25) is 0 Å². The van der Waals surface area contributed by atoms with E-state index < -0.39 is 0 Å². The third-order valence-electron chi connectivity index (χ3n) is 2.57. The number of hydrogen-bond donors (Lipinski definition) is 2. The van der Waals surface area contributed by atoms with Gasteiger partial charge >= 0.3 is 0 Å². The first-order valence-electron chi connectivity index (χ1n) is 4.99. The van der Waals surface area contributed by atoms with Crippen molar-refractivity contribution < 1.29 is 0 Å². The molecule has 0 aliphatic rings. The van der Waals surface area contributed by atoms with Gasteiger partial charge in [-0.25, -0.2) is 0 Å². The van der Waals surface area contributed by atoms with E-state index in [1.54, 1.807) is 0 Å². The number of hydrogen-bond acceptors (Lipinski definition) is 2. The Morgan fingerprint density at radius 3 is 2.80 bits per heavy atom. The molecule has 0 spiro atoms. The molecule has 2 aromatic rings. The lowest BCUT2D eigenvalue weighted by Gasteiger charge is -2.06. The number of para-hydroxylation sites is 1. The standard InChI is InChI=1S/C12H14N2O/c1-8-10(7-13-2)12(15)9-5-3-4-6-11(9)14-8/h3-6,13H,7H2,1-2H3,(H,14,15). The van der Waals surface area contributed by atoms with Crippen molar-refractivity contribution in [2.24, 2.45) is 0 Å². The summed E-state index contributed by atoms with van der Waals surface area (Å²) in [4.78, 5) is 15.3. The maximum Gasteiger partial charge on any atom is 0.194 e. The second kappa shape index (κ2) is 3.87. The Balaban J connectivity index is 2.78. The zero-order valence-corrected chi connectivity index (χ0v) is 8.92. The largest absolute Gasteiger partial charge is 0.358 e. The average Bonchev–Trinajstić information content (AvgIpc) is 2.24. The van der Waals surface area contributed by atoms with Crippen molar-refractivity contribution in [2.75, 3.05) is 7.05 Å². The number of aryl methyl sites for hydroxylation is 1. The summed E-state index contributed by atoms with van der Waals surface area (Å²) in [5.41, 5.74) is 2.78. The zero-order chi connectivity index (χ0) is 10.8. The van der Waals surface area contributed by atoms with Gasteiger partial charge in [0.05, 0.1) is 0 Å². The molecule has 0 radical (unpaired) electrons. The van der Waals surface area contributed by atoms with E-state index in [0.717, 1.165) is 22.2 Å². The number of H-pyrrole nitrogens is 1. The molecular formula is C12H14N2O. The molecule has 1 aromatic carbocycles. The normalized spacial score (nSPS) is 10.8. The van der Waals surface area contributed by atoms with Crippen molar-refractivity contribution in [3.05, 3.63) is 45.7 Å². The van der Waals surface area contributed by atoms with E-state index in [9.17, 15) is 4.79 Å². The molecule has 0 atom stereocenters. The Morgan fingerprint density at radius 2 is 2.07 bits per heavy atom. The first-order valence-corrected chi connectivity index (χ1v) is 4.99. The topological polar surface area (TPSA) is 44.9 Å². The number of pyridine rings is 1. The monoisotopic (exact) mass is 202 g/mol. The average molecular weight is 202 g/mol. The molecule has 2 N–H and O–H groups in total. The Bertz CT molecular complexity index is 543. The highest BCUT2D eigenvalue weighted by Crippen LogP contribution is 2.10. The minimum Gasteiger partial charge on any atom is -0.358 e. The van der Waals surface area contributed by atoms with Crippen LogP contribution in [-0.4, -0.2) is 12.0 Å². The molecule has 3 nitrogen and oxygen atoms in total. The fraction of sp³-hybridized carbons (Fsp3) is 0.250. The van der Waals surface area contributed by atoms with Gasteiger partial charge < -0.3 is 10.3 Å². The number of aromatic nitrogens is 1. The molecule has 0 saturated carbocycles. The van der Waals surface area contributed by atoms with Crippen LogP contribution in [0.3, 0.4) is 0 Å². The molecule has 0 fully saturated rings. The Morgan fingerprint density at radius 1 is 1.33 bits per heavy atom. The SMILES string of the molecule is CNCc1c(C)[nH]c2ccccc2c1=O. The number of rotatable bonds is 2. The van der Waals surface area contributed by atoms with Crippen LogP contribution in [-0.2, 0) is 6.54 Å². The molecular weight excluding hydrogens is 188 g/mol. The van der Waals surface area contributed by atoms with Crippen molar-refractivity contribution in [2.45, 2.75) is 13.5 Å². The summed E-state index contributed by atoms with van der Waals surface area (Å²) in [6.07, 6.45) is 0. The number of nitrogens with one attached hydrogen (secondary N) is 2. The highest BCUT2D eigenvalue weighted by atomic mass is 16.1. The molecule has 0 aliphatic heterocycles. The second-order valence-electron chi connectivity index (χ2n) is 3.63. The summed E-state index contributed by atoms with van der Waals surface area (Å²) < 4.78 is 0. The predicted molar refractivity (Wildman–Crippen MR) is 62.1 cm³/mol. The summed E-state index contributed by atoms with van der Waals surface area (Å²) in [6.45, 7) is 2.53. The van der Waals surface area contributed by atoms with Gasteiger partial charge in [-0.3, -0.25) is 4.79 Å². The first kappa shape index (κ1) is 9.93. The fourth-order valence-electron chi connectivity index (χ4n) is 1.79. The fourth-order valence-corrected chi connectivity index (χ4v) is 1.79. The van der Waals surface area contributed by atoms with Crippen molar-refractivity contribution in [1.82, 2.24) is 10.3 Å². The van der Waals surface area contributed by atoms with E-state index in [1.165, 1.54) is 0 Å². The first-order chi connectivity index (χ1) is 7.24. The van der Waals surface area contributed by atoms with Crippen molar-refractivity contribution in [1.29, 1.82) is 0 Å². The lowest BCUT2D eigenvalue weighted by molar-refractivity contribution is 0.802. The number of fused-ring (bicyclic) bond motifs is 1. The van der Waals surface area contributed by atoms with Crippen LogP contribution < -0.4 is 10.7 Å². The number of aromatic amines is 1. The summed E-state index contributed by atoms with van der Waals surface area (Å²) in [5.74, 6) is 0. The molecule has 0 bridgehead atoms. The molecule has 0 saturated heterocycles. The summed E-state index contributed by atoms with van der Waals surface area (Å²) in [6, 6.07) is 7.59. The van der Waals surface area contributed by atoms with Crippen molar-refractivity contribution in [3.8, 4) is 0 Å². The lowest BCUT2D eigenvalue weighted by atomic mass is 10.1. The molecule has 0 aliphatic carbocycles. The molecule has 3 heteroatoms. The van der Waals surface area contributed by atoms with Crippen LogP contribution in [0.4, 0.5) is 0 Å². The van der Waals surface area contributed by atoms with E-state index in [-0.39, 0.29) is 5.43 Å². The quantitative estimate of drug-likeness (QED) is 0.776. The van der Waals surface area contributed by atoms with Gasteiger partial charge in [0, 0.05) is 28.7 Å². The summed E-state index contributed by atoms with van der Waals surface area (Å²) in [5, 5.41) is 3.77. The third kappa shape index (κ3) is 1.66. The maximum atomic E-state index is 12.1. The third-order valence-corrected chi connectivity index (χ3v) is 2.57.